The summed E-state index contributed by atoms with van der Waals surface area (Å²) in [6, 6.07) is -0.878. The number of amides is 1. The second-order valence-electron chi connectivity index (χ2n) is 15.0. The molecule has 0 aliphatic rings. The molecule has 0 aliphatic heterocycles. The van der Waals surface area contributed by atoms with E-state index in [1.807, 2.05) is 27.2 Å². The number of unbranched alkanes of at least 4 members (excludes halogenated alkanes) is 13. The first-order valence-corrected chi connectivity index (χ1v) is 22.3. The van der Waals surface area contributed by atoms with Crippen LogP contribution in [0.5, 0.6) is 0 Å². The highest BCUT2D eigenvalue weighted by Crippen LogP contribution is 2.43. The zero-order valence-electron chi connectivity index (χ0n) is 34.5. The number of carbonyl (C=O) groups is 1. The van der Waals surface area contributed by atoms with Gasteiger partial charge in [-0.05, 0) is 70.6 Å². The Morgan fingerprint density at radius 3 is 1.74 bits per heavy atom. The number of carbonyl (C=O) groups excluding carboxylic acids is 1. The molecule has 0 spiro atoms. The number of phosphoric acid groups is 1. The van der Waals surface area contributed by atoms with Crippen molar-refractivity contribution in [1.29, 1.82) is 0 Å². The van der Waals surface area contributed by atoms with Gasteiger partial charge in [0.2, 0.25) is 5.91 Å². The molecule has 3 atom stereocenters. The molecule has 0 rings (SSSR count). The van der Waals surface area contributed by atoms with Gasteiger partial charge in [0, 0.05) is 6.42 Å². The molecule has 0 aromatic heterocycles. The number of hydrogen-bond acceptors (Lipinski definition) is 5. The Bertz CT molecular complexity index is 1090. The van der Waals surface area contributed by atoms with Gasteiger partial charge in [-0.1, -0.05) is 145 Å². The summed E-state index contributed by atoms with van der Waals surface area (Å²) in [7, 11) is 1.52. The molecule has 53 heavy (non-hydrogen) atoms. The number of quaternary nitrogens is 1. The van der Waals surface area contributed by atoms with Crippen molar-refractivity contribution < 1.29 is 32.9 Å². The van der Waals surface area contributed by atoms with Gasteiger partial charge in [-0.3, -0.25) is 13.8 Å². The third-order valence-electron chi connectivity index (χ3n) is 8.66. The number of rotatable bonds is 36. The van der Waals surface area contributed by atoms with Gasteiger partial charge in [-0.15, -0.1) is 0 Å². The number of likely N-dealkylation sites (N-methyl/N-ethyl adjacent to an activating group) is 1. The van der Waals surface area contributed by atoms with Crippen LogP contribution in [0.1, 0.15) is 149 Å². The maximum atomic E-state index is 12.8. The van der Waals surface area contributed by atoms with Crippen molar-refractivity contribution >= 4 is 13.7 Å². The van der Waals surface area contributed by atoms with Gasteiger partial charge in [0.15, 0.2) is 0 Å². The van der Waals surface area contributed by atoms with E-state index in [1.165, 1.54) is 51.4 Å². The number of aliphatic hydroxyl groups excluding tert-OH is 1. The Morgan fingerprint density at radius 2 is 1.15 bits per heavy atom. The maximum absolute atomic E-state index is 12.8. The standard InChI is InChI=1S/C44H79N2O6P/c1-6-8-10-12-14-16-18-20-22-23-24-26-28-30-32-34-36-38-44(48)45-42(41-52-53(49,50)51-40-39-46(3,4)5)43(47)37-35-33-31-29-27-25-21-19-17-15-13-11-9-7-2/h8,10,14,16,20,22,24,26-27,29,35,37,42-43,47H,6-7,9,11-13,15,17-19,21,23,25,28,30-34,36,38-41H2,1-5H3,(H-,45,48,49,50)/p+1/b10-8-,16-14-,22-20-,26-24-,29-27+,37-35+. The zero-order valence-corrected chi connectivity index (χ0v) is 35.4. The van der Waals surface area contributed by atoms with Crippen LogP contribution >= 0.6 is 7.82 Å². The molecule has 8 nitrogen and oxygen atoms in total. The SMILES string of the molecule is CC/C=C\C/C=C\C/C=C\C/C=C\CCCCCCC(=O)NC(COP(=O)(O)OCC[N+](C)(C)C)C(O)/C=C/CC/C=C/CCCCCCCCCC. The minimum Gasteiger partial charge on any atom is -0.387 e. The highest BCUT2D eigenvalue weighted by Gasteiger charge is 2.27. The quantitative estimate of drug-likeness (QED) is 0.0254. The lowest BCUT2D eigenvalue weighted by Gasteiger charge is -2.25. The minimum absolute atomic E-state index is 0.0472. The highest BCUT2D eigenvalue weighted by atomic mass is 31.2. The molecule has 0 heterocycles. The highest BCUT2D eigenvalue weighted by molar-refractivity contribution is 7.47. The van der Waals surface area contributed by atoms with Crippen molar-refractivity contribution in [2.75, 3.05) is 40.9 Å². The lowest BCUT2D eigenvalue weighted by atomic mass is 10.1. The first kappa shape index (κ1) is 50.9. The number of phosphoric ester groups is 1. The van der Waals surface area contributed by atoms with Gasteiger partial charge in [0.25, 0.3) is 0 Å². The molecule has 0 aromatic rings. The van der Waals surface area contributed by atoms with Crippen LogP contribution in [-0.2, 0) is 18.4 Å². The summed E-state index contributed by atoms with van der Waals surface area (Å²) in [5.41, 5.74) is 0. The second kappa shape index (κ2) is 35.6. The molecule has 0 radical (unpaired) electrons. The number of hydrogen-bond donors (Lipinski definition) is 3. The van der Waals surface area contributed by atoms with Gasteiger partial charge >= 0.3 is 7.82 Å². The van der Waals surface area contributed by atoms with E-state index in [1.54, 1.807) is 6.08 Å². The number of nitrogens with zero attached hydrogens (tertiary/aromatic N) is 1. The van der Waals surface area contributed by atoms with Crippen LogP contribution in [0, 0.1) is 0 Å². The number of allylic oxidation sites excluding steroid dienone is 11. The predicted octanol–water partition coefficient (Wildman–Crippen LogP) is 11.2. The van der Waals surface area contributed by atoms with E-state index in [0.717, 1.165) is 77.0 Å². The summed E-state index contributed by atoms with van der Waals surface area (Å²) >= 11 is 0. The number of aliphatic hydroxyl groups is 1. The fourth-order valence-electron chi connectivity index (χ4n) is 5.34. The van der Waals surface area contributed by atoms with Gasteiger partial charge in [-0.25, -0.2) is 4.57 Å². The molecule has 0 saturated carbocycles. The Hall–Kier alpha value is -2.06. The van der Waals surface area contributed by atoms with Crippen molar-refractivity contribution in [2.45, 2.75) is 161 Å². The molecule has 0 aromatic carbocycles. The topological polar surface area (TPSA) is 105 Å². The summed E-state index contributed by atoms with van der Waals surface area (Å²) in [4.78, 5) is 23.0. The van der Waals surface area contributed by atoms with Crippen LogP contribution in [0.4, 0.5) is 0 Å². The van der Waals surface area contributed by atoms with Crippen LogP contribution in [0.3, 0.4) is 0 Å². The lowest BCUT2D eigenvalue weighted by molar-refractivity contribution is -0.870. The largest absolute Gasteiger partial charge is 0.472 e. The molecule has 306 valence electrons. The van der Waals surface area contributed by atoms with Crippen molar-refractivity contribution in [3.05, 3.63) is 72.9 Å². The van der Waals surface area contributed by atoms with E-state index in [-0.39, 0.29) is 19.1 Å². The first-order valence-electron chi connectivity index (χ1n) is 20.8. The molecule has 0 bridgehead atoms. The fourth-order valence-corrected chi connectivity index (χ4v) is 6.08. The molecular weight excluding hydrogens is 683 g/mol. The fraction of sp³-hybridized carbons (Fsp3) is 0.705. The smallest absolute Gasteiger partial charge is 0.387 e. The zero-order chi connectivity index (χ0) is 39.3. The average Bonchev–Trinajstić information content (AvgIpc) is 3.10. The summed E-state index contributed by atoms with van der Waals surface area (Å²) in [5, 5.41) is 13.7. The Labute approximate surface area is 325 Å². The van der Waals surface area contributed by atoms with Gasteiger partial charge in [0.05, 0.1) is 39.9 Å². The van der Waals surface area contributed by atoms with Gasteiger partial charge < -0.3 is 19.8 Å². The van der Waals surface area contributed by atoms with Crippen LogP contribution in [0.15, 0.2) is 72.9 Å². The predicted molar refractivity (Wildman–Crippen MR) is 226 cm³/mol. The van der Waals surface area contributed by atoms with E-state index in [2.05, 4.69) is 79.9 Å². The van der Waals surface area contributed by atoms with Crippen molar-refractivity contribution in [3.63, 3.8) is 0 Å². The normalized spacial score (nSPS) is 15.2. The van der Waals surface area contributed by atoms with E-state index in [4.69, 9.17) is 9.05 Å². The van der Waals surface area contributed by atoms with Crippen LogP contribution in [0.25, 0.3) is 0 Å². The van der Waals surface area contributed by atoms with Crippen molar-refractivity contribution in [2.24, 2.45) is 0 Å². The Morgan fingerprint density at radius 1 is 0.660 bits per heavy atom. The molecule has 0 saturated heterocycles. The van der Waals surface area contributed by atoms with Crippen LogP contribution in [-0.4, -0.2) is 73.4 Å². The molecular formula is C44H80N2O6P+. The first-order chi connectivity index (χ1) is 25.5. The number of nitrogens with one attached hydrogen (secondary N) is 1. The minimum atomic E-state index is -4.35. The van der Waals surface area contributed by atoms with Crippen molar-refractivity contribution in [3.8, 4) is 0 Å². The molecule has 3 unspecified atom stereocenters. The summed E-state index contributed by atoms with van der Waals surface area (Å²) < 4.78 is 23.5. The van der Waals surface area contributed by atoms with Crippen LogP contribution in [0.2, 0.25) is 0 Å². The van der Waals surface area contributed by atoms with Gasteiger partial charge in [-0.2, -0.15) is 0 Å². The Kier molecular flexibility index (Phi) is 34.2. The van der Waals surface area contributed by atoms with E-state index >= 15 is 0 Å². The van der Waals surface area contributed by atoms with Gasteiger partial charge in [0.1, 0.15) is 13.2 Å². The lowest BCUT2D eigenvalue weighted by Crippen LogP contribution is -2.45. The van der Waals surface area contributed by atoms with E-state index in [9.17, 15) is 19.4 Å². The summed E-state index contributed by atoms with van der Waals surface area (Å²) in [5.74, 6) is -0.215. The second-order valence-corrected chi connectivity index (χ2v) is 16.4. The molecule has 1 amide bonds. The molecule has 0 aliphatic carbocycles. The third kappa shape index (κ3) is 38.0. The summed E-state index contributed by atoms with van der Waals surface area (Å²) in [6.45, 7) is 4.62. The monoisotopic (exact) mass is 764 g/mol. The average molecular weight is 764 g/mol. The maximum Gasteiger partial charge on any atom is 0.472 e. The van der Waals surface area contributed by atoms with E-state index in [0.29, 0.717) is 17.4 Å². The van der Waals surface area contributed by atoms with Crippen molar-refractivity contribution in [1.82, 2.24) is 5.32 Å². The molecule has 9 heteroatoms. The summed E-state index contributed by atoms with van der Waals surface area (Å²) in [6.07, 6.45) is 46.8. The Balaban J connectivity index is 4.59. The van der Waals surface area contributed by atoms with E-state index < -0.39 is 20.0 Å². The molecule has 3 N–H and O–H groups in total. The third-order valence-corrected chi connectivity index (χ3v) is 9.64. The molecule has 0 fully saturated rings. The van der Waals surface area contributed by atoms with Crippen LogP contribution < -0.4 is 5.32 Å².